The number of aromatic nitrogens is 2. The summed E-state index contributed by atoms with van der Waals surface area (Å²) < 4.78 is 22.7. The Labute approximate surface area is 201 Å². The number of allylic oxidation sites excluding steroid dienone is 5. The minimum atomic E-state index is -0.750. The fourth-order valence-electron chi connectivity index (χ4n) is 4.08. The number of carbonyl (C=O) groups excluding carboxylic acids is 1. The SMILES string of the molecule is C=CC(=O)N1CCN(/C(S)=C2\C=C(Cl)C(c3cc(OC)cc4cnn(C)c34)=C(F)C2=N)CC1. The Bertz CT molecular complexity index is 1270. The van der Waals surface area contributed by atoms with Crippen LogP contribution in [0.25, 0.3) is 16.5 Å². The van der Waals surface area contributed by atoms with Crippen LogP contribution in [0, 0.1) is 5.41 Å². The largest absolute Gasteiger partial charge is 0.497 e. The van der Waals surface area contributed by atoms with E-state index in [1.807, 2.05) is 11.0 Å². The highest BCUT2D eigenvalue weighted by Gasteiger charge is 2.30. The highest BCUT2D eigenvalue weighted by atomic mass is 35.5. The quantitative estimate of drug-likeness (QED) is 0.507. The molecule has 0 unspecified atom stereocenters. The molecule has 4 rings (SSSR count). The number of fused-ring (bicyclic) bond motifs is 1. The van der Waals surface area contributed by atoms with Gasteiger partial charge in [-0.25, -0.2) is 4.39 Å². The van der Waals surface area contributed by atoms with E-state index in [0.717, 1.165) is 5.39 Å². The Morgan fingerprint density at radius 1 is 1.30 bits per heavy atom. The third-order valence-corrected chi connectivity index (χ3v) is 6.66. The molecule has 1 saturated heterocycles. The van der Waals surface area contributed by atoms with Gasteiger partial charge in [-0.3, -0.25) is 14.9 Å². The lowest BCUT2D eigenvalue weighted by Crippen LogP contribution is -2.47. The number of hydrogen-bond donors (Lipinski definition) is 2. The van der Waals surface area contributed by atoms with Gasteiger partial charge in [0.15, 0.2) is 5.83 Å². The molecule has 0 atom stereocenters. The lowest BCUT2D eigenvalue weighted by atomic mass is 9.92. The molecule has 2 aromatic rings. The summed E-state index contributed by atoms with van der Waals surface area (Å²) in [5.41, 5.74) is 1.27. The van der Waals surface area contributed by atoms with Crippen LogP contribution in [0.15, 0.2) is 58.5 Å². The standard InChI is InChI=1S/C23H23ClFN5O2S/c1-4-18(31)29-5-7-30(8-6-29)23(33)16-11-17(24)19(20(25)21(16)26)15-10-14(32-3)9-13-12-27-28(2)22(13)15/h4,9-12,26,33H,1,5-8H2,2-3H3/b23-16-,26-21?. The van der Waals surface area contributed by atoms with E-state index in [-0.39, 0.29) is 27.8 Å². The molecule has 7 nitrogen and oxygen atoms in total. The van der Waals surface area contributed by atoms with Gasteiger partial charge in [-0.2, -0.15) is 5.10 Å². The van der Waals surface area contributed by atoms with Crippen molar-refractivity contribution in [2.24, 2.45) is 7.05 Å². The lowest BCUT2D eigenvalue weighted by molar-refractivity contribution is -0.127. The maximum absolute atomic E-state index is 15.7. The van der Waals surface area contributed by atoms with Crippen LogP contribution in [0.5, 0.6) is 5.75 Å². The van der Waals surface area contributed by atoms with Crippen molar-refractivity contribution < 1.29 is 13.9 Å². The Kier molecular flexibility index (Phi) is 6.36. The fraction of sp³-hybridized carbons (Fsp3) is 0.261. The minimum absolute atomic E-state index is 0.112. The van der Waals surface area contributed by atoms with Crippen LogP contribution in [-0.2, 0) is 11.8 Å². The number of methoxy groups -OCH3 is 1. The van der Waals surface area contributed by atoms with Crippen LogP contribution in [-0.4, -0.2) is 64.5 Å². The first kappa shape index (κ1) is 23.1. The summed E-state index contributed by atoms with van der Waals surface area (Å²) in [6.45, 7) is 5.49. The molecule has 0 radical (unpaired) electrons. The van der Waals surface area contributed by atoms with Crippen molar-refractivity contribution in [2.75, 3.05) is 33.3 Å². The van der Waals surface area contributed by atoms with Crippen molar-refractivity contribution in [3.8, 4) is 5.75 Å². The molecule has 1 aliphatic carbocycles. The van der Waals surface area contributed by atoms with Gasteiger partial charge in [0.1, 0.15) is 11.5 Å². The van der Waals surface area contributed by atoms with Gasteiger partial charge in [-0.05, 0) is 24.3 Å². The fourth-order valence-corrected chi connectivity index (χ4v) is 4.75. The zero-order chi connectivity index (χ0) is 23.9. The predicted octanol–water partition coefficient (Wildman–Crippen LogP) is 3.89. The number of hydrogen-bond acceptors (Lipinski definition) is 6. The minimum Gasteiger partial charge on any atom is -0.497 e. The Morgan fingerprint density at radius 2 is 1.97 bits per heavy atom. The van der Waals surface area contributed by atoms with Crippen LogP contribution in [0.4, 0.5) is 4.39 Å². The van der Waals surface area contributed by atoms with Gasteiger partial charge in [0.2, 0.25) is 5.91 Å². The topological polar surface area (TPSA) is 74.5 Å². The van der Waals surface area contributed by atoms with Crippen LogP contribution in [0.1, 0.15) is 5.56 Å². The summed E-state index contributed by atoms with van der Waals surface area (Å²) >= 11 is 11.2. The number of amides is 1. The van der Waals surface area contributed by atoms with Crippen molar-refractivity contribution >= 4 is 52.3 Å². The summed E-state index contributed by atoms with van der Waals surface area (Å²) in [7, 11) is 3.29. The number of nitrogens with one attached hydrogen (secondary N) is 1. The second-order valence-corrected chi connectivity index (χ2v) is 8.52. The second kappa shape index (κ2) is 9.07. The average Bonchev–Trinajstić information content (AvgIpc) is 3.21. The van der Waals surface area contributed by atoms with Gasteiger partial charge in [0.25, 0.3) is 0 Å². The number of aryl methyl sites for hydroxylation is 1. The third kappa shape index (κ3) is 4.06. The van der Waals surface area contributed by atoms with Crippen molar-refractivity contribution in [2.45, 2.75) is 0 Å². The van der Waals surface area contributed by atoms with E-state index in [2.05, 4.69) is 24.3 Å². The first-order chi connectivity index (χ1) is 15.8. The summed E-state index contributed by atoms with van der Waals surface area (Å²) in [4.78, 5) is 15.4. The van der Waals surface area contributed by atoms with E-state index >= 15 is 4.39 Å². The molecule has 2 aliphatic rings. The summed E-state index contributed by atoms with van der Waals surface area (Å²) in [6, 6.07) is 3.50. The number of rotatable bonds is 4. The normalized spacial score (nSPS) is 18.6. The highest BCUT2D eigenvalue weighted by molar-refractivity contribution is 7.84. The van der Waals surface area contributed by atoms with Crippen LogP contribution >= 0.6 is 24.2 Å². The lowest BCUT2D eigenvalue weighted by Gasteiger charge is -2.36. The molecule has 172 valence electrons. The number of benzene rings is 1. The van der Waals surface area contributed by atoms with Crippen molar-refractivity contribution in [3.05, 3.63) is 64.1 Å². The number of carbonyl (C=O) groups is 1. The highest BCUT2D eigenvalue weighted by Crippen LogP contribution is 2.42. The van der Waals surface area contributed by atoms with E-state index in [9.17, 15) is 4.79 Å². The molecular weight excluding hydrogens is 465 g/mol. The van der Waals surface area contributed by atoms with E-state index in [0.29, 0.717) is 48.0 Å². The number of piperazine rings is 1. The monoisotopic (exact) mass is 487 g/mol. The summed E-state index contributed by atoms with van der Waals surface area (Å²) in [6.07, 6.45) is 4.52. The average molecular weight is 488 g/mol. The second-order valence-electron chi connectivity index (χ2n) is 7.69. The zero-order valence-electron chi connectivity index (χ0n) is 18.2. The molecule has 0 saturated carbocycles. The van der Waals surface area contributed by atoms with Crippen molar-refractivity contribution in [3.63, 3.8) is 0 Å². The Hall–Kier alpha value is -3.04. The zero-order valence-corrected chi connectivity index (χ0v) is 19.9. The molecule has 1 aromatic carbocycles. The molecule has 0 spiro atoms. The molecule has 0 bridgehead atoms. The first-order valence-corrected chi connectivity index (χ1v) is 11.1. The Morgan fingerprint density at radius 3 is 2.61 bits per heavy atom. The number of halogens is 2. The Balaban J connectivity index is 1.72. The van der Waals surface area contributed by atoms with Crippen LogP contribution in [0.3, 0.4) is 0 Å². The van der Waals surface area contributed by atoms with E-state index in [4.69, 9.17) is 21.7 Å². The molecular formula is C23H23ClFN5O2S. The van der Waals surface area contributed by atoms with Gasteiger partial charge in [0, 0.05) is 55.3 Å². The summed E-state index contributed by atoms with van der Waals surface area (Å²) in [5, 5.41) is 14.2. The number of thiol groups is 1. The van der Waals surface area contributed by atoms with Crippen molar-refractivity contribution in [1.29, 1.82) is 5.41 Å². The van der Waals surface area contributed by atoms with Gasteiger partial charge in [0.05, 0.1) is 28.9 Å². The van der Waals surface area contributed by atoms with Gasteiger partial charge in [-0.1, -0.05) is 18.2 Å². The molecule has 10 heteroatoms. The maximum Gasteiger partial charge on any atom is 0.246 e. The predicted molar refractivity (Wildman–Crippen MR) is 131 cm³/mol. The molecule has 1 amide bonds. The molecule has 1 fully saturated rings. The van der Waals surface area contributed by atoms with E-state index in [1.54, 1.807) is 35.0 Å². The maximum atomic E-state index is 15.7. The molecule has 33 heavy (non-hydrogen) atoms. The van der Waals surface area contributed by atoms with Gasteiger partial charge >= 0.3 is 0 Å². The van der Waals surface area contributed by atoms with Crippen LogP contribution in [0.2, 0.25) is 0 Å². The van der Waals surface area contributed by atoms with Gasteiger partial charge < -0.3 is 14.5 Å². The third-order valence-electron chi connectivity index (χ3n) is 5.84. The van der Waals surface area contributed by atoms with E-state index < -0.39 is 5.83 Å². The first-order valence-electron chi connectivity index (χ1n) is 10.2. The molecule has 1 N–H and O–H groups in total. The summed E-state index contributed by atoms with van der Waals surface area (Å²) in [5.74, 6) is -0.347. The number of ether oxygens (including phenoxy) is 1. The van der Waals surface area contributed by atoms with Gasteiger partial charge in [-0.15, -0.1) is 12.6 Å². The smallest absolute Gasteiger partial charge is 0.246 e. The molecule has 1 aliphatic heterocycles. The molecule has 1 aromatic heterocycles. The van der Waals surface area contributed by atoms with Crippen molar-refractivity contribution in [1.82, 2.24) is 19.6 Å². The number of nitrogens with zero attached hydrogens (tertiary/aromatic N) is 4. The van der Waals surface area contributed by atoms with Crippen LogP contribution < -0.4 is 4.74 Å². The van der Waals surface area contributed by atoms with E-state index in [1.165, 1.54) is 13.2 Å². The molecule has 2 heterocycles.